The largest absolute Gasteiger partial charge is 0.454 e. The number of carbonyl (C=O) groups is 2. The number of aromatic nitrogens is 1. The summed E-state index contributed by atoms with van der Waals surface area (Å²) in [5.41, 5.74) is 1.86. The molecule has 0 atom stereocenters. The van der Waals surface area contributed by atoms with Crippen molar-refractivity contribution in [3.63, 3.8) is 0 Å². The summed E-state index contributed by atoms with van der Waals surface area (Å²) in [6, 6.07) is 12.5. The first kappa shape index (κ1) is 20.2. The Morgan fingerprint density at radius 2 is 1.81 bits per heavy atom. The smallest absolute Gasteiger partial charge is 0.419 e. The maximum absolute atomic E-state index is 12.7. The molecule has 9 nitrogen and oxygen atoms in total. The van der Waals surface area contributed by atoms with Crippen molar-refractivity contribution >= 4 is 28.6 Å². The lowest BCUT2D eigenvalue weighted by atomic mass is 9.95. The average Bonchev–Trinajstić information content (AvgIpc) is 3.40. The van der Waals surface area contributed by atoms with Crippen molar-refractivity contribution in [2.24, 2.45) is 5.92 Å². The molecule has 0 spiro atoms. The molecule has 2 aliphatic rings. The summed E-state index contributed by atoms with van der Waals surface area (Å²) in [5.74, 6) is 0.570. The first-order valence-electron chi connectivity index (χ1n) is 10.6. The van der Waals surface area contributed by atoms with Gasteiger partial charge in [0.1, 0.15) is 0 Å². The molecule has 2 aliphatic heterocycles. The Balaban J connectivity index is 1.13. The van der Waals surface area contributed by atoms with Crippen LogP contribution in [0.3, 0.4) is 0 Å². The van der Waals surface area contributed by atoms with Gasteiger partial charge in [-0.3, -0.25) is 14.2 Å². The van der Waals surface area contributed by atoms with Gasteiger partial charge in [-0.1, -0.05) is 12.1 Å². The molecule has 1 saturated heterocycles. The summed E-state index contributed by atoms with van der Waals surface area (Å²) in [6.07, 6.45) is 1.39. The molecule has 1 fully saturated rings. The van der Waals surface area contributed by atoms with E-state index in [9.17, 15) is 14.4 Å². The van der Waals surface area contributed by atoms with Gasteiger partial charge in [0.25, 0.3) is 0 Å². The molecule has 0 saturated carbocycles. The highest BCUT2D eigenvalue weighted by Crippen LogP contribution is 2.34. The van der Waals surface area contributed by atoms with Crippen molar-refractivity contribution in [1.82, 2.24) is 9.47 Å². The number of para-hydroxylation sites is 2. The Kier molecular flexibility index (Phi) is 5.30. The van der Waals surface area contributed by atoms with E-state index in [1.54, 1.807) is 41.3 Å². The van der Waals surface area contributed by atoms with Crippen LogP contribution in [0.1, 0.15) is 19.3 Å². The quantitative estimate of drug-likeness (QED) is 0.658. The van der Waals surface area contributed by atoms with Crippen LogP contribution in [-0.2, 0) is 16.1 Å². The first-order chi connectivity index (χ1) is 15.6. The molecule has 0 unspecified atom stereocenters. The molecule has 0 radical (unpaired) electrons. The molecule has 3 heterocycles. The van der Waals surface area contributed by atoms with Gasteiger partial charge in [0, 0.05) is 43.7 Å². The molecule has 9 heteroatoms. The van der Waals surface area contributed by atoms with E-state index in [0.717, 1.165) is 0 Å². The van der Waals surface area contributed by atoms with Gasteiger partial charge < -0.3 is 24.1 Å². The zero-order chi connectivity index (χ0) is 22.1. The van der Waals surface area contributed by atoms with E-state index < -0.39 is 5.76 Å². The average molecular weight is 437 g/mol. The highest BCUT2D eigenvalue weighted by molar-refractivity contribution is 5.93. The van der Waals surface area contributed by atoms with Crippen LogP contribution in [0.2, 0.25) is 0 Å². The molecule has 5 rings (SSSR count). The third-order valence-corrected chi connectivity index (χ3v) is 5.98. The molecular formula is C23H23N3O6. The molecule has 1 N–H and O–H groups in total. The zero-order valence-corrected chi connectivity index (χ0v) is 17.4. The molecule has 0 bridgehead atoms. The molecule has 32 heavy (non-hydrogen) atoms. The van der Waals surface area contributed by atoms with Crippen LogP contribution < -0.4 is 20.5 Å². The number of oxazole rings is 1. The van der Waals surface area contributed by atoms with Crippen LogP contribution in [0.25, 0.3) is 11.1 Å². The van der Waals surface area contributed by atoms with Crippen LogP contribution >= 0.6 is 0 Å². The summed E-state index contributed by atoms with van der Waals surface area (Å²) in [5, 5.41) is 2.93. The number of nitrogens with zero attached hydrogens (tertiary/aromatic N) is 2. The number of likely N-dealkylation sites (tertiary alicyclic amines) is 1. The monoisotopic (exact) mass is 437 g/mol. The van der Waals surface area contributed by atoms with Crippen molar-refractivity contribution < 1.29 is 23.5 Å². The number of piperidine rings is 1. The second-order valence-electron chi connectivity index (χ2n) is 7.95. The summed E-state index contributed by atoms with van der Waals surface area (Å²) >= 11 is 0. The fraction of sp³-hybridized carbons (Fsp3) is 0.348. The second kappa shape index (κ2) is 8.41. The van der Waals surface area contributed by atoms with Crippen molar-refractivity contribution in [2.45, 2.75) is 25.8 Å². The van der Waals surface area contributed by atoms with Gasteiger partial charge in [0.2, 0.25) is 18.6 Å². The normalized spacial score (nSPS) is 15.8. The summed E-state index contributed by atoms with van der Waals surface area (Å²) < 4.78 is 17.3. The van der Waals surface area contributed by atoms with Crippen LogP contribution in [0, 0.1) is 5.92 Å². The van der Waals surface area contributed by atoms with E-state index in [0.29, 0.717) is 54.2 Å². The molecule has 1 aromatic heterocycles. The third-order valence-electron chi connectivity index (χ3n) is 5.98. The van der Waals surface area contributed by atoms with Crippen LogP contribution in [0.4, 0.5) is 5.69 Å². The number of anilines is 1. The van der Waals surface area contributed by atoms with Gasteiger partial charge in [-0.2, -0.15) is 0 Å². The van der Waals surface area contributed by atoms with Crippen LogP contribution in [-0.4, -0.2) is 41.2 Å². The highest BCUT2D eigenvalue weighted by Gasteiger charge is 2.28. The van der Waals surface area contributed by atoms with E-state index in [-0.39, 0.29) is 37.5 Å². The molecule has 2 amide bonds. The second-order valence-corrected chi connectivity index (χ2v) is 7.95. The van der Waals surface area contributed by atoms with E-state index >= 15 is 0 Å². The lowest BCUT2D eigenvalue weighted by Gasteiger charge is -2.31. The maximum atomic E-state index is 12.7. The third kappa shape index (κ3) is 3.93. The van der Waals surface area contributed by atoms with Crippen molar-refractivity contribution in [3.8, 4) is 11.5 Å². The lowest BCUT2D eigenvalue weighted by Crippen LogP contribution is -2.41. The fourth-order valence-corrected chi connectivity index (χ4v) is 4.20. The Labute approximate surface area is 183 Å². The minimum atomic E-state index is -0.460. The molecule has 2 aromatic carbocycles. The van der Waals surface area contributed by atoms with Gasteiger partial charge in [-0.05, 0) is 37.1 Å². The van der Waals surface area contributed by atoms with Crippen molar-refractivity contribution in [2.75, 3.05) is 25.2 Å². The van der Waals surface area contributed by atoms with E-state index in [4.69, 9.17) is 13.9 Å². The predicted molar refractivity (Wildman–Crippen MR) is 116 cm³/mol. The topological polar surface area (TPSA) is 103 Å². The minimum Gasteiger partial charge on any atom is -0.454 e. The number of aryl methyl sites for hydroxylation is 1. The number of ether oxygens (including phenoxy) is 2. The lowest BCUT2D eigenvalue weighted by molar-refractivity contribution is -0.134. The Morgan fingerprint density at radius 3 is 2.66 bits per heavy atom. The van der Waals surface area contributed by atoms with Crippen LogP contribution in [0.5, 0.6) is 11.5 Å². The van der Waals surface area contributed by atoms with Gasteiger partial charge in [-0.15, -0.1) is 0 Å². The van der Waals surface area contributed by atoms with E-state index in [1.807, 2.05) is 6.07 Å². The number of fused-ring (bicyclic) bond motifs is 2. The number of hydrogen-bond acceptors (Lipinski definition) is 6. The minimum absolute atomic E-state index is 0.0307. The fourth-order valence-electron chi connectivity index (χ4n) is 4.20. The van der Waals surface area contributed by atoms with Crippen molar-refractivity contribution in [1.29, 1.82) is 0 Å². The summed E-state index contributed by atoms with van der Waals surface area (Å²) in [7, 11) is 0. The Hall–Kier alpha value is -3.75. The van der Waals surface area contributed by atoms with Crippen LogP contribution in [0.15, 0.2) is 51.7 Å². The van der Waals surface area contributed by atoms with Gasteiger partial charge in [0.05, 0.1) is 5.52 Å². The zero-order valence-electron chi connectivity index (χ0n) is 17.4. The molecule has 166 valence electrons. The maximum Gasteiger partial charge on any atom is 0.419 e. The first-order valence-corrected chi connectivity index (χ1v) is 10.6. The number of rotatable bonds is 5. The number of nitrogens with one attached hydrogen (secondary N) is 1. The van der Waals surface area contributed by atoms with Gasteiger partial charge in [-0.25, -0.2) is 4.79 Å². The number of benzene rings is 2. The Morgan fingerprint density at radius 1 is 1.03 bits per heavy atom. The summed E-state index contributed by atoms with van der Waals surface area (Å²) in [6.45, 7) is 1.47. The predicted octanol–water partition coefficient (Wildman–Crippen LogP) is 2.59. The number of carbonyl (C=O) groups excluding carboxylic acids is 2. The van der Waals surface area contributed by atoms with Crippen molar-refractivity contribution in [3.05, 3.63) is 53.0 Å². The highest BCUT2D eigenvalue weighted by atomic mass is 16.7. The Bertz CT molecular complexity index is 1220. The van der Waals surface area contributed by atoms with Gasteiger partial charge >= 0.3 is 5.76 Å². The summed E-state index contributed by atoms with van der Waals surface area (Å²) in [4.78, 5) is 39.2. The van der Waals surface area contributed by atoms with Gasteiger partial charge in [0.15, 0.2) is 17.1 Å². The molecule has 0 aliphatic carbocycles. The number of amides is 2. The SMILES string of the molecule is O=C(Nc1ccc2c(c1)OCO2)C1CCN(C(=O)CCn2c(=O)oc3ccccc32)CC1. The molecule has 3 aromatic rings. The molecular weight excluding hydrogens is 414 g/mol. The van der Waals surface area contributed by atoms with E-state index in [1.165, 1.54) is 4.57 Å². The van der Waals surface area contributed by atoms with E-state index in [2.05, 4.69) is 5.32 Å². The standard InChI is InChI=1S/C23H23N3O6/c27-21(9-12-26-17-3-1-2-4-18(17)32-23(26)29)25-10-7-15(8-11-25)22(28)24-16-5-6-19-20(13-16)31-14-30-19/h1-6,13,15H,7-12,14H2,(H,24,28). The number of hydrogen-bond donors (Lipinski definition) is 1.